The van der Waals surface area contributed by atoms with E-state index in [1.165, 1.54) is 127 Å². The van der Waals surface area contributed by atoms with E-state index in [9.17, 15) is 5.11 Å². The Bertz CT molecular complexity index is 1130. The van der Waals surface area contributed by atoms with Crippen LogP contribution < -0.4 is 0 Å². The Labute approximate surface area is 299 Å². The van der Waals surface area contributed by atoms with Crippen LogP contribution in [-0.4, -0.2) is 11.2 Å². The van der Waals surface area contributed by atoms with Gasteiger partial charge in [-0.15, -0.1) is 0 Å². The summed E-state index contributed by atoms with van der Waals surface area (Å²) in [7, 11) is 0. The minimum Gasteiger partial charge on any atom is -0.393 e. The highest BCUT2D eigenvalue weighted by molar-refractivity contribution is 5.71. The highest BCUT2D eigenvalue weighted by atomic mass is 16.3. The lowest BCUT2D eigenvalue weighted by molar-refractivity contribution is 0.110. The van der Waals surface area contributed by atoms with Crippen LogP contribution in [-0.2, 0) is 0 Å². The van der Waals surface area contributed by atoms with Gasteiger partial charge in [-0.3, -0.25) is 0 Å². The number of hydrogen-bond acceptors (Lipinski definition) is 1. The molecule has 1 nitrogen and oxygen atoms in total. The summed E-state index contributed by atoms with van der Waals surface area (Å²) in [5.41, 5.74) is 5.18. The smallest absolute Gasteiger partial charge is 0.0568 e. The summed E-state index contributed by atoms with van der Waals surface area (Å²) < 4.78 is 0. The first kappa shape index (κ1) is 39.4. The lowest BCUT2D eigenvalue weighted by Gasteiger charge is -2.33. The van der Waals surface area contributed by atoms with Gasteiger partial charge in [0.1, 0.15) is 0 Å². The number of aliphatic hydroxyl groups is 1. The Hall–Kier alpha value is -1.34. The van der Waals surface area contributed by atoms with Crippen molar-refractivity contribution in [3.8, 4) is 0 Å². The molecule has 1 heteroatoms. The average molecular weight is 659 g/mol. The number of allylic oxidation sites excluding steroid dienone is 4. The summed E-state index contributed by atoms with van der Waals surface area (Å²) in [6.45, 7) is 19.1. The van der Waals surface area contributed by atoms with E-state index in [4.69, 9.17) is 0 Å². The molecule has 0 spiro atoms. The first-order valence-electron chi connectivity index (χ1n) is 21.1. The van der Waals surface area contributed by atoms with Gasteiger partial charge >= 0.3 is 0 Å². The third kappa shape index (κ3) is 11.6. The number of rotatable bonds is 22. The lowest BCUT2D eigenvalue weighted by Crippen LogP contribution is -2.24. The normalized spacial score (nSPS) is 28.0. The summed E-state index contributed by atoms with van der Waals surface area (Å²) in [5.74, 6) is 6.02. The molecule has 5 unspecified atom stereocenters. The van der Waals surface area contributed by atoms with Crippen LogP contribution in [0.5, 0.6) is 0 Å². The SMILES string of the molecule is CCC[C@H](CC[C@H]1CC(CC)C([C@H](C)C(CCCCCCCC2C[C@@]2(C)C(C)O)CCCC(C)(C)C)C1)c1cccc(C2=CC=CC2)c1. The van der Waals surface area contributed by atoms with E-state index in [1.807, 2.05) is 6.92 Å². The van der Waals surface area contributed by atoms with Crippen LogP contribution in [0.2, 0.25) is 0 Å². The molecule has 0 bridgehead atoms. The molecular weight excluding hydrogens is 581 g/mol. The van der Waals surface area contributed by atoms with Gasteiger partial charge in [-0.25, -0.2) is 0 Å². The summed E-state index contributed by atoms with van der Waals surface area (Å²) >= 11 is 0. The fraction of sp³-hybridized carbons (Fsp3) is 0.787. The van der Waals surface area contributed by atoms with Gasteiger partial charge in [-0.2, -0.15) is 0 Å². The monoisotopic (exact) mass is 659 g/mol. The molecular formula is C47H78O. The zero-order valence-electron chi connectivity index (χ0n) is 33.0. The highest BCUT2D eigenvalue weighted by Gasteiger charge is 2.52. The number of unbranched alkanes of at least 4 members (excludes halogenated alkanes) is 4. The predicted molar refractivity (Wildman–Crippen MR) is 211 cm³/mol. The van der Waals surface area contributed by atoms with Crippen LogP contribution in [0.4, 0.5) is 0 Å². The summed E-state index contributed by atoms with van der Waals surface area (Å²) in [6.07, 6.45) is 32.7. The molecule has 0 amide bonds. The summed E-state index contributed by atoms with van der Waals surface area (Å²) in [6, 6.07) is 9.58. The van der Waals surface area contributed by atoms with Crippen LogP contribution in [0.25, 0.3) is 5.57 Å². The van der Waals surface area contributed by atoms with Gasteiger partial charge in [-0.1, -0.05) is 155 Å². The van der Waals surface area contributed by atoms with E-state index >= 15 is 0 Å². The Balaban J connectivity index is 1.28. The molecule has 272 valence electrons. The second kappa shape index (κ2) is 18.8. The Morgan fingerprint density at radius 1 is 0.896 bits per heavy atom. The number of aliphatic hydroxyl groups excluding tert-OH is 1. The second-order valence-electron chi connectivity index (χ2n) is 18.7. The predicted octanol–water partition coefficient (Wildman–Crippen LogP) is 14.4. The van der Waals surface area contributed by atoms with Crippen molar-refractivity contribution in [1.29, 1.82) is 0 Å². The minimum absolute atomic E-state index is 0.139. The van der Waals surface area contributed by atoms with E-state index in [-0.39, 0.29) is 11.5 Å². The van der Waals surface area contributed by atoms with Gasteiger partial charge in [0.05, 0.1) is 6.10 Å². The maximum Gasteiger partial charge on any atom is 0.0568 e. The maximum atomic E-state index is 10.1. The molecule has 4 rings (SSSR count). The van der Waals surface area contributed by atoms with Crippen LogP contribution in [0.3, 0.4) is 0 Å². The summed E-state index contributed by atoms with van der Waals surface area (Å²) in [4.78, 5) is 0. The number of hydrogen-bond donors (Lipinski definition) is 1. The Morgan fingerprint density at radius 2 is 1.65 bits per heavy atom. The number of benzene rings is 1. The zero-order chi connectivity index (χ0) is 34.7. The van der Waals surface area contributed by atoms with Crippen LogP contribution in [0, 0.1) is 46.3 Å². The van der Waals surface area contributed by atoms with Crippen molar-refractivity contribution in [2.75, 3.05) is 0 Å². The lowest BCUT2D eigenvalue weighted by atomic mass is 9.72. The molecule has 2 fully saturated rings. The van der Waals surface area contributed by atoms with Crippen LogP contribution >= 0.6 is 0 Å². The van der Waals surface area contributed by atoms with E-state index in [1.54, 1.807) is 5.56 Å². The van der Waals surface area contributed by atoms with Crippen molar-refractivity contribution in [2.45, 2.75) is 189 Å². The fourth-order valence-corrected chi connectivity index (χ4v) is 10.2. The molecule has 0 radical (unpaired) electrons. The zero-order valence-corrected chi connectivity index (χ0v) is 33.0. The van der Waals surface area contributed by atoms with E-state index in [2.05, 4.69) is 91.0 Å². The van der Waals surface area contributed by atoms with Crippen molar-refractivity contribution < 1.29 is 5.11 Å². The van der Waals surface area contributed by atoms with E-state index < -0.39 is 0 Å². The van der Waals surface area contributed by atoms with Crippen molar-refractivity contribution in [3.05, 3.63) is 53.6 Å². The maximum absolute atomic E-state index is 10.1. The largest absolute Gasteiger partial charge is 0.393 e. The van der Waals surface area contributed by atoms with Gasteiger partial charge in [0.2, 0.25) is 0 Å². The fourth-order valence-electron chi connectivity index (χ4n) is 10.2. The first-order valence-corrected chi connectivity index (χ1v) is 21.1. The van der Waals surface area contributed by atoms with Gasteiger partial charge in [0.15, 0.2) is 0 Å². The third-order valence-corrected chi connectivity index (χ3v) is 13.9. The summed E-state index contributed by atoms with van der Waals surface area (Å²) in [5, 5.41) is 10.1. The molecule has 1 aromatic carbocycles. The molecule has 1 aromatic rings. The molecule has 3 aliphatic rings. The average Bonchev–Trinajstić information content (AvgIpc) is 3.40. The van der Waals surface area contributed by atoms with Crippen molar-refractivity contribution in [1.82, 2.24) is 0 Å². The van der Waals surface area contributed by atoms with Crippen molar-refractivity contribution in [2.24, 2.45) is 46.3 Å². The molecule has 0 aliphatic heterocycles. The Morgan fingerprint density at radius 3 is 2.31 bits per heavy atom. The van der Waals surface area contributed by atoms with E-state index in [0.29, 0.717) is 11.3 Å². The van der Waals surface area contributed by atoms with Crippen molar-refractivity contribution in [3.63, 3.8) is 0 Å². The molecule has 0 aromatic heterocycles. The third-order valence-electron chi connectivity index (χ3n) is 13.9. The molecule has 1 N–H and O–H groups in total. The molecule has 0 heterocycles. The van der Waals surface area contributed by atoms with Crippen LogP contribution in [0.15, 0.2) is 42.5 Å². The van der Waals surface area contributed by atoms with Gasteiger partial charge < -0.3 is 5.11 Å². The Kier molecular flexibility index (Phi) is 15.4. The molecule has 0 saturated heterocycles. The highest BCUT2D eigenvalue weighted by Crippen LogP contribution is 2.57. The molecule has 2 saturated carbocycles. The first-order chi connectivity index (χ1) is 22.9. The standard InChI is InChI=1S/C47H78O/c1-9-20-40(42-24-18-25-43(33-42)41-22-16-17-23-41)29-28-37-31-38(10-2)45(32-37)35(3)39(26-19-30-46(5,6)7)21-14-12-11-13-15-27-44-34-47(44,8)36(4)48/h16-18,22,24-25,33,35-40,44-45,48H,9-15,19-21,23,26-32,34H2,1-8H3/t35-,36?,37+,38?,39?,40-,44?,45?,47+/m1/s1. The minimum atomic E-state index is -0.139. The molecule has 48 heavy (non-hydrogen) atoms. The molecule has 3 aliphatic carbocycles. The second-order valence-corrected chi connectivity index (χ2v) is 18.7. The van der Waals surface area contributed by atoms with Gasteiger partial charge in [-0.05, 0) is 134 Å². The van der Waals surface area contributed by atoms with Gasteiger partial charge in [0.25, 0.3) is 0 Å². The van der Waals surface area contributed by atoms with Gasteiger partial charge in [0, 0.05) is 0 Å². The topological polar surface area (TPSA) is 20.2 Å². The van der Waals surface area contributed by atoms with Crippen LogP contribution in [0.1, 0.15) is 194 Å². The van der Waals surface area contributed by atoms with E-state index in [0.717, 1.165) is 41.9 Å². The van der Waals surface area contributed by atoms with Crippen molar-refractivity contribution >= 4 is 5.57 Å². The molecule has 9 atom stereocenters. The quantitative estimate of drug-likeness (QED) is 0.123.